The quantitative estimate of drug-likeness (QED) is 0.860. The molecule has 1 aliphatic carbocycles. The second kappa shape index (κ2) is 4.37. The SMILES string of the molecule is COC1(c2nc(-c3cccc(N)c3)cs2)CCC1. The molecule has 1 fully saturated rings. The van der Waals surface area contributed by atoms with Crippen LogP contribution >= 0.6 is 11.3 Å². The molecule has 3 nitrogen and oxygen atoms in total. The minimum absolute atomic E-state index is 0.122. The Labute approximate surface area is 111 Å². The first-order valence-electron chi connectivity index (χ1n) is 6.11. The van der Waals surface area contributed by atoms with Crippen molar-refractivity contribution in [3.8, 4) is 11.3 Å². The molecule has 1 saturated carbocycles. The number of anilines is 1. The van der Waals surface area contributed by atoms with Crippen LogP contribution in [0.4, 0.5) is 5.69 Å². The normalized spacial score (nSPS) is 17.4. The van der Waals surface area contributed by atoms with Gasteiger partial charge in [-0.1, -0.05) is 12.1 Å². The maximum Gasteiger partial charge on any atom is 0.125 e. The number of methoxy groups -OCH3 is 1. The second-order valence-corrected chi connectivity index (χ2v) is 5.57. The monoisotopic (exact) mass is 260 g/mol. The van der Waals surface area contributed by atoms with Crippen LogP contribution in [0.1, 0.15) is 24.3 Å². The van der Waals surface area contributed by atoms with Gasteiger partial charge >= 0.3 is 0 Å². The van der Waals surface area contributed by atoms with E-state index in [4.69, 9.17) is 15.5 Å². The van der Waals surface area contributed by atoms with Crippen LogP contribution in [0.2, 0.25) is 0 Å². The molecule has 94 valence electrons. The highest BCUT2D eigenvalue weighted by molar-refractivity contribution is 7.10. The molecule has 0 spiro atoms. The third kappa shape index (κ3) is 1.82. The number of rotatable bonds is 3. The summed E-state index contributed by atoms with van der Waals surface area (Å²) in [5.41, 5.74) is 8.52. The van der Waals surface area contributed by atoms with Crippen LogP contribution in [0, 0.1) is 0 Å². The summed E-state index contributed by atoms with van der Waals surface area (Å²) >= 11 is 1.68. The van der Waals surface area contributed by atoms with Gasteiger partial charge in [-0.2, -0.15) is 0 Å². The Bertz CT molecular complexity index is 555. The van der Waals surface area contributed by atoms with Crippen LogP contribution in [0.15, 0.2) is 29.6 Å². The van der Waals surface area contributed by atoms with Gasteiger partial charge in [0.25, 0.3) is 0 Å². The third-order valence-electron chi connectivity index (χ3n) is 3.63. The molecule has 3 rings (SSSR count). The van der Waals surface area contributed by atoms with Crippen molar-refractivity contribution in [2.45, 2.75) is 24.9 Å². The fourth-order valence-corrected chi connectivity index (χ4v) is 3.38. The molecule has 1 aliphatic rings. The number of ether oxygens (including phenoxy) is 1. The van der Waals surface area contributed by atoms with Crippen molar-refractivity contribution >= 4 is 17.0 Å². The standard InChI is InChI=1S/C14H16N2OS/c1-17-14(6-3-7-14)13-16-12(9-18-13)10-4-2-5-11(15)8-10/h2,4-5,8-9H,3,6-7,15H2,1H3. The summed E-state index contributed by atoms with van der Waals surface area (Å²) in [5.74, 6) is 0. The summed E-state index contributed by atoms with van der Waals surface area (Å²) in [6.07, 6.45) is 3.38. The van der Waals surface area contributed by atoms with Crippen LogP contribution < -0.4 is 5.73 Å². The number of thiazole rings is 1. The van der Waals surface area contributed by atoms with E-state index in [0.29, 0.717) is 0 Å². The van der Waals surface area contributed by atoms with E-state index < -0.39 is 0 Å². The lowest BCUT2D eigenvalue weighted by Crippen LogP contribution is -2.35. The summed E-state index contributed by atoms with van der Waals surface area (Å²) in [6, 6.07) is 7.84. The van der Waals surface area contributed by atoms with Gasteiger partial charge in [0.1, 0.15) is 10.6 Å². The van der Waals surface area contributed by atoms with Crippen LogP contribution in [0.3, 0.4) is 0 Å². The van der Waals surface area contributed by atoms with Gasteiger partial charge in [-0.05, 0) is 31.4 Å². The van der Waals surface area contributed by atoms with Crippen molar-refractivity contribution < 1.29 is 4.74 Å². The number of nitrogen functional groups attached to an aromatic ring is 1. The lowest BCUT2D eigenvalue weighted by atomic mass is 9.80. The summed E-state index contributed by atoms with van der Waals surface area (Å²) in [4.78, 5) is 4.72. The first-order valence-corrected chi connectivity index (χ1v) is 6.98. The Morgan fingerprint density at radius 2 is 2.22 bits per heavy atom. The average molecular weight is 260 g/mol. The van der Waals surface area contributed by atoms with E-state index in [1.165, 1.54) is 6.42 Å². The largest absolute Gasteiger partial charge is 0.399 e. The second-order valence-electron chi connectivity index (χ2n) is 4.72. The van der Waals surface area contributed by atoms with Gasteiger partial charge in [-0.25, -0.2) is 4.98 Å². The Morgan fingerprint density at radius 3 is 2.83 bits per heavy atom. The molecule has 0 saturated heterocycles. The molecule has 2 aromatic rings. The molecular weight excluding hydrogens is 244 g/mol. The minimum Gasteiger partial charge on any atom is -0.399 e. The molecule has 4 heteroatoms. The number of hydrogen-bond acceptors (Lipinski definition) is 4. The number of nitrogens with zero attached hydrogens (tertiary/aromatic N) is 1. The molecule has 0 aliphatic heterocycles. The summed E-state index contributed by atoms with van der Waals surface area (Å²) in [5, 5.41) is 3.18. The highest BCUT2D eigenvalue weighted by atomic mass is 32.1. The van der Waals surface area contributed by atoms with Crippen LogP contribution in [-0.4, -0.2) is 12.1 Å². The van der Waals surface area contributed by atoms with Gasteiger partial charge in [0.15, 0.2) is 0 Å². The van der Waals surface area contributed by atoms with Gasteiger partial charge in [0.2, 0.25) is 0 Å². The lowest BCUT2D eigenvalue weighted by molar-refractivity contribution is -0.0778. The predicted octanol–water partition coefficient (Wildman–Crippen LogP) is 3.42. The third-order valence-corrected chi connectivity index (χ3v) is 4.66. The lowest BCUT2D eigenvalue weighted by Gasteiger charge is -2.38. The molecule has 2 N–H and O–H groups in total. The van der Waals surface area contributed by atoms with Crippen molar-refractivity contribution in [3.63, 3.8) is 0 Å². The van der Waals surface area contributed by atoms with E-state index in [9.17, 15) is 0 Å². The first-order chi connectivity index (χ1) is 8.73. The van der Waals surface area contributed by atoms with E-state index in [1.807, 2.05) is 24.3 Å². The van der Waals surface area contributed by atoms with Gasteiger partial charge < -0.3 is 10.5 Å². The molecule has 1 aromatic carbocycles. The average Bonchev–Trinajstić information content (AvgIpc) is 2.78. The Kier molecular flexibility index (Phi) is 2.84. The maximum absolute atomic E-state index is 5.80. The van der Waals surface area contributed by atoms with Crippen LogP contribution in [0.5, 0.6) is 0 Å². The predicted molar refractivity (Wildman–Crippen MR) is 74.5 cm³/mol. The zero-order valence-electron chi connectivity index (χ0n) is 10.3. The molecule has 18 heavy (non-hydrogen) atoms. The van der Waals surface area contributed by atoms with E-state index in [1.54, 1.807) is 18.4 Å². The van der Waals surface area contributed by atoms with Crippen molar-refractivity contribution in [2.75, 3.05) is 12.8 Å². The molecule has 0 unspecified atom stereocenters. The zero-order chi connectivity index (χ0) is 12.6. The van der Waals surface area contributed by atoms with Gasteiger partial charge in [0, 0.05) is 23.7 Å². The summed E-state index contributed by atoms with van der Waals surface area (Å²) < 4.78 is 5.66. The van der Waals surface area contributed by atoms with Crippen molar-refractivity contribution in [1.82, 2.24) is 4.98 Å². The fraction of sp³-hybridized carbons (Fsp3) is 0.357. The zero-order valence-corrected chi connectivity index (χ0v) is 11.2. The molecular formula is C14H16N2OS. The van der Waals surface area contributed by atoms with E-state index in [2.05, 4.69) is 5.38 Å². The number of benzene rings is 1. The number of hydrogen-bond donors (Lipinski definition) is 1. The van der Waals surface area contributed by atoms with E-state index in [-0.39, 0.29) is 5.60 Å². The number of aromatic nitrogens is 1. The topological polar surface area (TPSA) is 48.1 Å². The maximum atomic E-state index is 5.80. The molecule has 0 radical (unpaired) electrons. The molecule has 1 aromatic heterocycles. The molecule has 0 atom stereocenters. The molecule has 0 bridgehead atoms. The Hall–Kier alpha value is -1.39. The van der Waals surface area contributed by atoms with Crippen molar-refractivity contribution in [1.29, 1.82) is 0 Å². The van der Waals surface area contributed by atoms with E-state index in [0.717, 1.165) is 34.8 Å². The first kappa shape index (κ1) is 11.7. The molecule has 1 heterocycles. The van der Waals surface area contributed by atoms with Crippen LogP contribution in [0.25, 0.3) is 11.3 Å². The highest BCUT2D eigenvalue weighted by Gasteiger charge is 2.41. The fourth-order valence-electron chi connectivity index (χ4n) is 2.32. The van der Waals surface area contributed by atoms with E-state index >= 15 is 0 Å². The Balaban J connectivity index is 1.94. The van der Waals surface area contributed by atoms with Crippen LogP contribution in [-0.2, 0) is 10.3 Å². The van der Waals surface area contributed by atoms with Crippen molar-refractivity contribution in [2.24, 2.45) is 0 Å². The summed E-state index contributed by atoms with van der Waals surface area (Å²) in [7, 11) is 1.78. The smallest absolute Gasteiger partial charge is 0.125 e. The minimum atomic E-state index is -0.122. The van der Waals surface area contributed by atoms with Gasteiger partial charge in [-0.15, -0.1) is 11.3 Å². The molecule has 0 amide bonds. The summed E-state index contributed by atoms with van der Waals surface area (Å²) in [6.45, 7) is 0. The van der Waals surface area contributed by atoms with Gasteiger partial charge in [0.05, 0.1) is 5.69 Å². The van der Waals surface area contributed by atoms with Crippen molar-refractivity contribution in [3.05, 3.63) is 34.7 Å². The Morgan fingerprint density at radius 1 is 1.39 bits per heavy atom. The highest BCUT2D eigenvalue weighted by Crippen LogP contribution is 2.46. The number of nitrogens with two attached hydrogens (primary N) is 1. The van der Waals surface area contributed by atoms with Gasteiger partial charge in [-0.3, -0.25) is 0 Å².